The lowest BCUT2D eigenvalue weighted by atomic mass is 10.2. The predicted octanol–water partition coefficient (Wildman–Crippen LogP) is 0.468. The van der Waals surface area contributed by atoms with Crippen LogP contribution in [0.1, 0.15) is 19.8 Å². The molecule has 3 rings (SSSR count). The highest BCUT2D eigenvalue weighted by Gasteiger charge is 2.31. The highest BCUT2D eigenvalue weighted by Crippen LogP contribution is 2.33. The van der Waals surface area contributed by atoms with E-state index in [9.17, 15) is 4.79 Å². The van der Waals surface area contributed by atoms with E-state index in [2.05, 4.69) is 22.2 Å². The maximum absolute atomic E-state index is 12.3. The number of rotatable bonds is 6. The second-order valence-electron chi connectivity index (χ2n) is 5.84. The summed E-state index contributed by atoms with van der Waals surface area (Å²) in [6.45, 7) is 6.79. The maximum atomic E-state index is 12.3. The minimum atomic E-state index is -0.0115. The third kappa shape index (κ3) is 3.63. The Hall–Kier alpha value is -1.40. The molecule has 1 aliphatic carbocycles. The Morgan fingerprint density at radius 3 is 2.81 bits per heavy atom. The molecule has 2 heterocycles. The van der Waals surface area contributed by atoms with Crippen LogP contribution in [-0.2, 0) is 11.3 Å². The maximum Gasteiger partial charge on any atom is 0.268 e. The first-order valence-corrected chi connectivity index (χ1v) is 7.91. The van der Waals surface area contributed by atoms with E-state index in [1.165, 1.54) is 12.8 Å². The lowest BCUT2D eigenvalue weighted by Crippen LogP contribution is -2.40. The van der Waals surface area contributed by atoms with Gasteiger partial charge in [-0.25, -0.2) is 4.68 Å². The van der Waals surface area contributed by atoms with Crippen molar-refractivity contribution in [1.29, 1.82) is 0 Å². The number of anilines is 1. The Labute approximate surface area is 125 Å². The van der Waals surface area contributed by atoms with Gasteiger partial charge in [-0.1, -0.05) is 6.92 Å². The lowest BCUT2D eigenvalue weighted by Gasteiger charge is -2.28. The normalized spacial score (nSPS) is 20.5. The monoisotopic (exact) mass is 292 g/mol. The van der Waals surface area contributed by atoms with Gasteiger partial charge in [-0.15, -0.1) is 0 Å². The molecule has 0 radical (unpaired) electrons. The molecule has 2 fully saturated rings. The minimum absolute atomic E-state index is 0.0115. The molecule has 0 amide bonds. The fourth-order valence-corrected chi connectivity index (χ4v) is 2.88. The standard InChI is InChI=1S/C15H24N4O2/c1-2-16-14(12-3-4-12)11-19-15(20)9-13(10-17-19)18-5-7-21-8-6-18/h9-10,12,14,16H,2-8,11H2,1H3. The van der Waals surface area contributed by atoms with E-state index in [1.54, 1.807) is 10.7 Å². The summed E-state index contributed by atoms with van der Waals surface area (Å²) in [5.41, 5.74) is 0.897. The molecule has 1 aromatic heterocycles. The average molecular weight is 292 g/mol. The van der Waals surface area contributed by atoms with Crippen LogP contribution in [0, 0.1) is 5.92 Å². The summed E-state index contributed by atoms with van der Waals surface area (Å²) >= 11 is 0. The highest BCUT2D eigenvalue weighted by atomic mass is 16.5. The summed E-state index contributed by atoms with van der Waals surface area (Å²) in [5.74, 6) is 0.706. The molecule has 116 valence electrons. The molecule has 21 heavy (non-hydrogen) atoms. The number of nitrogens with zero attached hydrogens (tertiary/aromatic N) is 3. The van der Waals surface area contributed by atoms with Gasteiger partial charge in [0, 0.05) is 25.2 Å². The quantitative estimate of drug-likeness (QED) is 0.826. The van der Waals surface area contributed by atoms with E-state index in [4.69, 9.17) is 4.74 Å². The van der Waals surface area contributed by atoms with E-state index in [-0.39, 0.29) is 5.56 Å². The molecule has 1 saturated heterocycles. The van der Waals surface area contributed by atoms with Crippen molar-refractivity contribution < 1.29 is 4.74 Å². The van der Waals surface area contributed by atoms with Crippen molar-refractivity contribution in [3.8, 4) is 0 Å². The number of hydrogen-bond donors (Lipinski definition) is 1. The van der Waals surface area contributed by atoms with Crippen molar-refractivity contribution in [2.45, 2.75) is 32.4 Å². The van der Waals surface area contributed by atoms with Crippen molar-refractivity contribution in [2.75, 3.05) is 37.7 Å². The molecule has 1 saturated carbocycles. The number of nitrogens with one attached hydrogen (secondary N) is 1. The van der Waals surface area contributed by atoms with Gasteiger partial charge in [0.25, 0.3) is 5.56 Å². The van der Waals surface area contributed by atoms with Gasteiger partial charge in [-0.05, 0) is 25.3 Å². The van der Waals surface area contributed by atoms with Crippen LogP contribution in [0.3, 0.4) is 0 Å². The van der Waals surface area contributed by atoms with Gasteiger partial charge >= 0.3 is 0 Å². The first-order chi connectivity index (χ1) is 10.3. The number of morpholine rings is 1. The van der Waals surface area contributed by atoms with Gasteiger partial charge < -0.3 is 15.0 Å². The first kappa shape index (κ1) is 14.5. The molecule has 2 aliphatic rings. The zero-order valence-corrected chi connectivity index (χ0v) is 12.6. The third-order valence-corrected chi connectivity index (χ3v) is 4.26. The van der Waals surface area contributed by atoms with Gasteiger partial charge in [0.2, 0.25) is 0 Å². The summed E-state index contributed by atoms with van der Waals surface area (Å²) in [4.78, 5) is 14.4. The molecule has 0 bridgehead atoms. The lowest BCUT2D eigenvalue weighted by molar-refractivity contribution is 0.122. The van der Waals surface area contributed by atoms with Crippen LogP contribution in [0.2, 0.25) is 0 Å². The van der Waals surface area contributed by atoms with Crippen molar-refractivity contribution >= 4 is 5.69 Å². The van der Waals surface area contributed by atoms with Gasteiger partial charge in [0.15, 0.2) is 0 Å². The molecule has 1 N–H and O–H groups in total. The Balaban J connectivity index is 1.70. The topological polar surface area (TPSA) is 59.4 Å². The molecule has 0 spiro atoms. The molecule has 6 heteroatoms. The molecule has 0 aromatic carbocycles. The number of aromatic nitrogens is 2. The zero-order valence-electron chi connectivity index (χ0n) is 12.6. The highest BCUT2D eigenvalue weighted by molar-refractivity contribution is 5.43. The van der Waals surface area contributed by atoms with Gasteiger partial charge in [-0.2, -0.15) is 5.10 Å². The Morgan fingerprint density at radius 1 is 1.43 bits per heavy atom. The van der Waals surface area contributed by atoms with Crippen LogP contribution in [0.15, 0.2) is 17.1 Å². The number of likely N-dealkylation sites (N-methyl/N-ethyl adjacent to an activating group) is 1. The van der Waals surface area contributed by atoms with Crippen LogP contribution in [0.4, 0.5) is 5.69 Å². The average Bonchev–Trinajstić information content (AvgIpc) is 3.34. The third-order valence-electron chi connectivity index (χ3n) is 4.26. The van der Waals surface area contributed by atoms with Crippen LogP contribution >= 0.6 is 0 Å². The van der Waals surface area contributed by atoms with Gasteiger partial charge in [0.05, 0.1) is 31.6 Å². The molecule has 1 aliphatic heterocycles. The van der Waals surface area contributed by atoms with Gasteiger partial charge in [0.1, 0.15) is 0 Å². The number of ether oxygens (including phenoxy) is 1. The van der Waals surface area contributed by atoms with Crippen LogP contribution in [-0.4, -0.2) is 48.7 Å². The zero-order chi connectivity index (χ0) is 14.7. The molecule has 6 nitrogen and oxygen atoms in total. The second-order valence-corrected chi connectivity index (χ2v) is 5.84. The fraction of sp³-hybridized carbons (Fsp3) is 0.733. The Kier molecular flexibility index (Phi) is 4.55. The molecule has 1 unspecified atom stereocenters. The summed E-state index contributed by atoms with van der Waals surface area (Å²) in [5, 5.41) is 7.84. The smallest absolute Gasteiger partial charge is 0.268 e. The van der Waals surface area contributed by atoms with Crippen molar-refractivity contribution in [3.05, 3.63) is 22.6 Å². The largest absolute Gasteiger partial charge is 0.378 e. The van der Waals surface area contributed by atoms with Crippen LogP contribution < -0.4 is 15.8 Å². The summed E-state index contributed by atoms with van der Waals surface area (Å²) in [7, 11) is 0. The van der Waals surface area contributed by atoms with Crippen LogP contribution in [0.25, 0.3) is 0 Å². The predicted molar refractivity (Wildman–Crippen MR) is 81.7 cm³/mol. The summed E-state index contributed by atoms with van der Waals surface area (Å²) in [6, 6.07) is 2.07. The molecule has 1 aromatic rings. The summed E-state index contributed by atoms with van der Waals surface area (Å²) < 4.78 is 6.93. The van der Waals surface area contributed by atoms with E-state index >= 15 is 0 Å². The Bertz CT molecular complexity index is 521. The van der Waals surface area contributed by atoms with Crippen molar-refractivity contribution in [3.63, 3.8) is 0 Å². The van der Waals surface area contributed by atoms with Crippen molar-refractivity contribution in [1.82, 2.24) is 15.1 Å². The van der Waals surface area contributed by atoms with Crippen molar-refractivity contribution in [2.24, 2.45) is 5.92 Å². The molecule has 1 atom stereocenters. The summed E-state index contributed by atoms with van der Waals surface area (Å²) in [6.07, 6.45) is 4.33. The second kappa shape index (κ2) is 6.58. The molecular weight excluding hydrogens is 268 g/mol. The van der Waals surface area contributed by atoms with Gasteiger partial charge in [-0.3, -0.25) is 4.79 Å². The SMILES string of the molecule is CCNC(Cn1ncc(N2CCOCC2)cc1=O)C1CC1. The fourth-order valence-electron chi connectivity index (χ4n) is 2.88. The Morgan fingerprint density at radius 2 is 2.19 bits per heavy atom. The van der Waals surface area contributed by atoms with E-state index in [1.807, 2.05) is 6.20 Å². The molecular formula is C15H24N4O2. The van der Waals surface area contributed by atoms with E-state index in [0.29, 0.717) is 31.7 Å². The van der Waals surface area contributed by atoms with E-state index < -0.39 is 0 Å². The van der Waals surface area contributed by atoms with Crippen LogP contribution in [0.5, 0.6) is 0 Å². The minimum Gasteiger partial charge on any atom is -0.378 e. The number of hydrogen-bond acceptors (Lipinski definition) is 5. The first-order valence-electron chi connectivity index (χ1n) is 7.91. The van der Waals surface area contributed by atoms with E-state index in [0.717, 1.165) is 25.3 Å².